The Labute approximate surface area is 177 Å². The Morgan fingerprint density at radius 2 is 2.04 bits per heavy atom. The van der Waals surface area contributed by atoms with E-state index in [4.69, 9.17) is 0 Å². The number of thiophene rings is 1. The smallest absolute Gasteiger partial charge is 0.262 e. The van der Waals surface area contributed by atoms with Gasteiger partial charge in [0.2, 0.25) is 0 Å². The van der Waals surface area contributed by atoms with Crippen LogP contribution in [0.4, 0.5) is 0 Å². The number of nitrogens with one attached hydrogen (secondary N) is 1. The Bertz CT molecular complexity index is 1340. The highest BCUT2D eigenvalue weighted by Gasteiger charge is 2.14. The van der Waals surface area contributed by atoms with Crippen LogP contribution in [0.2, 0.25) is 0 Å². The van der Waals surface area contributed by atoms with Gasteiger partial charge in [-0.1, -0.05) is 27.7 Å². The minimum Gasteiger partial charge on any atom is -0.309 e. The lowest BCUT2D eigenvalue weighted by atomic mass is 10.2. The predicted molar refractivity (Wildman–Crippen MR) is 119 cm³/mol. The lowest BCUT2D eigenvalue weighted by molar-refractivity contribution is 0.634. The van der Waals surface area contributed by atoms with E-state index in [9.17, 15) is 9.59 Å². The average molecular weight is 477 g/mol. The lowest BCUT2D eigenvalue weighted by Gasteiger charge is -2.11. The quantitative estimate of drug-likeness (QED) is 0.349. The molecule has 6 nitrogen and oxygen atoms in total. The van der Waals surface area contributed by atoms with Crippen molar-refractivity contribution in [3.63, 3.8) is 0 Å². The summed E-state index contributed by atoms with van der Waals surface area (Å²) in [6, 6.07) is 5.49. The number of nitrogens with zero attached hydrogens (tertiary/aromatic N) is 3. The molecule has 1 aromatic carbocycles. The minimum absolute atomic E-state index is 0.0716. The van der Waals surface area contributed by atoms with Crippen molar-refractivity contribution in [1.82, 2.24) is 19.5 Å². The highest BCUT2D eigenvalue weighted by Crippen LogP contribution is 2.27. The number of benzene rings is 1. The third kappa shape index (κ3) is 3.31. The molecule has 0 bridgehead atoms. The van der Waals surface area contributed by atoms with E-state index in [1.807, 2.05) is 32.9 Å². The third-order valence-electron chi connectivity index (χ3n) is 4.62. The second-order valence-corrected chi connectivity index (χ2v) is 9.43. The van der Waals surface area contributed by atoms with E-state index in [0.717, 1.165) is 19.7 Å². The fourth-order valence-corrected chi connectivity index (χ4v) is 5.41. The second kappa shape index (κ2) is 7.46. The average Bonchev–Trinajstić information content (AvgIpc) is 2.95. The number of hydrogen-bond acceptors (Lipinski definition) is 6. The number of aromatic amines is 1. The van der Waals surface area contributed by atoms with E-state index >= 15 is 0 Å². The van der Waals surface area contributed by atoms with Crippen LogP contribution in [0.5, 0.6) is 0 Å². The first-order valence-corrected chi connectivity index (χ1v) is 11.3. The maximum atomic E-state index is 12.8. The van der Waals surface area contributed by atoms with Crippen molar-refractivity contribution in [2.45, 2.75) is 38.2 Å². The molecule has 0 radical (unpaired) electrons. The van der Waals surface area contributed by atoms with Crippen LogP contribution in [0.1, 0.15) is 23.2 Å². The van der Waals surface area contributed by atoms with Crippen molar-refractivity contribution < 1.29 is 0 Å². The van der Waals surface area contributed by atoms with Gasteiger partial charge in [0.1, 0.15) is 10.7 Å². The van der Waals surface area contributed by atoms with Gasteiger partial charge in [0.05, 0.1) is 22.0 Å². The molecular formula is C19H17BrN4O2S2. The predicted octanol–water partition coefficient (Wildman–Crippen LogP) is 4.39. The first kappa shape index (κ1) is 19.4. The first-order chi connectivity index (χ1) is 13.4. The monoisotopic (exact) mass is 476 g/mol. The Kier molecular flexibility index (Phi) is 5.15. The molecule has 4 aromatic rings. The molecule has 144 valence electrons. The molecule has 0 aliphatic heterocycles. The normalized spacial score (nSPS) is 11.6. The summed E-state index contributed by atoms with van der Waals surface area (Å²) >= 11 is 6.33. The number of aryl methyl sites for hydroxylation is 2. The number of hydrogen-bond donors (Lipinski definition) is 1. The molecule has 0 amide bonds. The van der Waals surface area contributed by atoms with E-state index < -0.39 is 0 Å². The number of aromatic nitrogens is 4. The van der Waals surface area contributed by atoms with Gasteiger partial charge in [-0.15, -0.1) is 11.3 Å². The van der Waals surface area contributed by atoms with Gasteiger partial charge in [-0.25, -0.2) is 9.97 Å². The zero-order valence-electron chi connectivity index (χ0n) is 15.5. The number of rotatable bonds is 4. The maximum Gasteiger partial charge on any atom is 0.262 e. The van der Waals surface area contributed by atoms with Crippen LogP contribution in [0.3, 0.4) is 0 Å². The van der Waals surface area contributed by atoms with E-state index in [1.54, 1.807) is 10.6 Å². The molecule has 0 atom stereocenters. The molecular weight excluding hydrogens is 460 g/mol. The maximum absolute atomic E-state index is 12.8. The zero-order valence-corrected chi connectivity index (χ0v) is 18.7. The summed E-state index contributed by atoms with van der Waals surface area (Å²) in [5.74, 6) is 1.01. The lowest BCUT2D eigenvalue weighted by Crippen LogP contribution is -2.22. The summed E-state index contributed by atoms with van der Waals surface area (Å²) in [4.78, 5) is 39.3. The van der Waals surface area contributed by atoms with Crippen LogP contribution in [0.15, 0.2) is 37.4 Å². The Morgan fingerprint density at radius 3 is 2.79 bits per heavy atom. The molecule has 1 N–H and O–H groups in total. The molecule has 0 aliphatic carbocycles. The number of thioether (sulfide) groups is 1. The van der Waals surface area contributed by atoms with Gasteiger partial charge in [0.25, 0.3) is 11.1 Å². The SMILES string of the molecule is CCn1c(SCc2nc3sc(C)c(C)c3c(=O)[nH]2)nc2ccc(Br)cc2c1=O. The van der Waals surface area contributed by atoms with Crippen LogP contribution >= 0.6 is 39.0 Å². The number of H-pyrrole nitrogens is 1. The minimum atomic E-state index is -0.119. The van der Waals surface area contributed by atoms with Crippen molar-refractivity contribution >= 4 is 60.1 Å². The molecule has 0 fully saturated rings. The third-order valence-corrected chi connectivity index (χ3v) is 7.21. The fraction of sp³-hybridized carbons (Fsp3) is 0.263. The molecule has 28 heavy (non-hydrogen) atoms. The highest BCUT2D eigenvalue weighted by atomic mass is 79.9. The fourth-order valence-electron chi connectivity index (χ4n) is 3.06. The summed E-state index contributed by atoms with van der Waals surface area (Å²) in [5, 5.41) is 1.86. The van der Waals surface area contributed by atoms with Gasteiger partial charge >= 0.3 is 0 Å². The molecule has 0 spiro atoms. The second-order valence-electron chi connectivity index (χ2n) is 6.37. The van der Waals surface area contributed by atoms with E-state index in [0.29, 0.717) is 39.6 Å². The largest absolute Gasteiger partial charge is 0.309 e. The topological polar surface area (TPSA) is 80.6 Å². The van der Waals surface area contributed by atoms with E-state index in [2.05, 4.69) is 30.9 Å². The summed E-state index contributed by atoms with van der Waals surface area (Å²) in [6.07, 6.45) is 0. The van der Waals surface area contributed by atoms with Crippen LogP contribution < -0.4 is 11.1 Å². The molecule has 3 heterocycles. The van der Waals surface area contributed by atoms with Crippen molar-refractivity contribution in [2.24, 2.45) is 0 Å². The zero-order chi connectivity index (χ0) is 20.0. The van der Waals surface area contributed by atoms with Crippen LogP contribution in [0.25, 0.3) is 21.1 Å². The van der Waals surface area contributed by atoms with Crippen LogP contribution in [-0.2, 0) is 12.3 Å². The van der Waals surface area contributed by atoms with Crippen molar-refractivity contribution in [1.29, 1.82) is 0 Å². The highest BCUT2D eigenvalue weighted by molar-refractivity contribution is 9.10. The summed E-state index contributed by atoms with van der Waals surface area (Å²) < 4.78 is 2.49. The van der Waals surface area contributed by atoms with Gasteiger partial charge in [0.15, 0.2) is 5.16 Å². The van der Waals surface area contributed by atoms with Gasteiger partial charge in [-0.05, 0) is 44.5 Å². The van der Waals surface area contributed by atoms with Crippen LogP contribution in [0, 0.1) is 13.8 Å². The Hall–Kier alpha value is -1.97. The van der Waals surface area contributed by atoms with E-state index in [-0.39, 0.29) is 11.1 Å². The Balaban J connectivity index is 1.73. The molecule has 9 heteroatoms. The van der Waals surface area contributed by atoms with Crippen molar-refractivity contribution in [3.05, 3.63) is 59.6 Å². The van der Waals surface area contributed by atoms with Crippen molar-refractivity contribution in [2.75, 3.05) is 0 Å². The van der Waals surface area contributed by atoms with Gasteiger partial charge in [-0.2, -0.15) is 0 Å². The summed E-state index contributed by atoms with van der Waals surface area (Å²) in [7, 11) is 0. The molecule has 3 aromatic heterocycles. The molecule has 0 saturated heterocycles. The van der Waals surface area contributed by atoms with Gasteiger partial charge in [-0.3, -0.25) is 14.2 Å². The van der Waals surface area contributed by atoms with Crippen LogP contribution in [-0.4, -0.2) is 19.5 Å². The summed E-state index contributed by atoms with van der Waals surface area (Å²) in [5.41, 5.74) is 1.45. The number of halogens is 1. The molecule has 0 unspecified atom stereocenters. The Morgan fingerprint density at radius 1 is 1.25 bits per heavy atom. The van der Waals surface area contributed by atoms with Gasteiger partial charge < -0.3 is 4.98 Å². The molecule has 0 saturated carbocycles. The summed E-state index contributed by atoms with van der Waals surface area (Å²) in [6.45, 7) is 6.37. The number of fused-ring (bicyclic) bond motifs is 2. The van der Waals surface area contributed by atoms with E-state index in [1.165, 1.54) is 23.1 Å². The standard InChI is InChI=1S/C19H17BrN4O2S2/c1-4-24-18(26)12-7-11(20)5-6-13(12)21-19(24)27-8-14-22-16(25)15-9(2)10(3)28-17(15)23-14/h5-7H,4,8H2,1-3H3,(H,22,23,25). The van der Waals surface area contributed by atoms with Crippen molar-refractivity contribution in [3.8, 4) is 0 Å². The van der Waals surface area contributed by atoms with Gasteiger partial charge in [0, 0.05) is 15.9 Å². The molecule has 4 rings (SSSR count). The first-order valence-electron chi connectivity index (χ1n) is 8.70. The molecule has 0 aliphatic rings.